The van der Waals surface area contributed by atoms with Crippen LogP contribution in [0.15, 0.2) is 59.8 Å². The summed E-state index contributed by atoms with van der Waals surface area (Å²) in [6.45, 7) is 1.79. The Morgan fingerprint density at radius 2 is 1.81 bits per heavy atom. The van der Waals surface area contributed by atoms with Gasteiger partial charge >= 0.3 is 12.2 Å². The smallest absolute Gasteiger partial charge is 0.384 e. The van der Waals surface area contributed by atoms with Crippen LogP contribution in [0.5, 0.6) is 0 Å². The van der Waals surface area contributed by atoms with Crippen molar-refractivity contribution >= 4 is 29.3 Å². The maximum atomic E-state index is 12.9. The van der Waals surface area contributed by atoms with E-state index in [0.29, 0.717) is 36.4 Å². The minimum atomic E-state index is -4.46. The van der Waals surface area contributed by atoms with Gasteiger partial charge in [-0.15, -0.1) is 0 Å². The first-order valence-electron chi connectivity index (χ1n) is 12.0. The zero-order chi connectivity index (χ0) is 27.0. The highest BCUT2D eigenvalue weighted by Gasteiger charge is 2.31. The number of rotatable bonds is 9. The lowest BCUT2D eigenvalue weighted by Crippen LogP contribution is -2.45. The van der Waals surface area contributed by atoms with Crippen molar-refractivity contribution in [2.45, 2.75) is 51.7 Å². The fourth-order valence-corrected chi connectivity index (χ4v) is 4.20. The molecule has 0 saturated heterocycles. The van der Waals surface area contributed by atoms with Gasteiger partial charge in [-0.3, -0.25) is 15.1 Å². The van der Waals surface area contributed by atoms with E-state index in [9.17, 15) is 22.8 Å². The molecule has 0 fully saturated rings. The number of alkyl halides is 3. The molecule has 0 unspecified atom stereocenters. The number of allylic oxidation sites excluding steroid dienone is 1. The second-order valence-electron chi connectivity index (χ2n) is 8.96. The van der Waals surface area contributed by atoms with E-state index in [1.54, 1.807) is 30.3 Å². The number of urea groups is 1. The van der Waals surface area contributed by atoms with Crippen molar-refractivity contribution in [1.82, 2.24) is 15.5 Å². The first-order valence-corrected chi connectivity index (χ1v) is 12.4. The average Bonchev–Trinajstić information content (AvgIpc) is 2.84. The van der Waals surface area contributed by atoms with Gasteiger partial charge in [-0.2, -0.15) is 13.2 Å². The monoisotopic (exact) mass is 534 g/mol. The molecule has 3 rings (SSSR count). The van der Waals surface area contributed by atoms with E-state index in [1.807, 2.05) is 25.1 Å². The predicted octanol–water partition coefficient (Wildman–Crippen LogP) is 6.12. The van der Waals surface area contributed by atoms with Crippen LogP contribution in [0.3, 0.4) is 0 Å². The van der Waals surface area contributed by atoms with Gasteiger partial charge in [0.05, 0.1) is 6.42 Å². The van der Waals surface area contributed by atoms with E-state index in [-0.39, 0.29) is 24.6 Å². The van der Waals surface area contributed by atoms with Gasteiger partial charge in [0.1, 0.15) is 11.6 Å². The largest absolute Gasteiger partial charge is 0.390 e. The van der Waals surface area contributed by atoms with Crippen LogP contribution in [-0.2, 0) is 11.3 Å². The number of carbonyl (C=O) groups excluding carboxylic acids is 2. The van der Waals surface area contributed by atoms with Crippen molar-refractivity contribution in [3.63, 3.8) is 0 Å². The van der Waals surface area contributed by atoms with E-state index >= 15 is 0 Å². The fraction of sp³-hybridized carbons (Fsp3) is 0.370. The molecule has 1 aliphatic carbocycles. The van der Waals surface area contributed by atoms with Crippen LogP contribution in [-0.4, -0.2) is 41.8 Å². The summed E-state index contributed by atoms with van der Waals surface area (Å²) in [4.78, 5) is 25.7. The number of halogens is 4. The number of benzene rings is 2. The Bertz CT molecular complexity index is 1160. The highest BCUT2D eigenvalue weighted by atomic mass is 35.5. The minimum Gasteiger partial charge on any atom is -0.384 e. The Morgan fingerprint density at radius 1 is 1.11 bits per heavy atom. The highest BCUT2D eigenvalue weighted by molar-refractivity contribution is 6.31. The Morgan fingerprint density at radius 3 is 2.49 bits per heavy atom. The van der Waals surface area contributed by atoms with Crippen LogP contribution in [0.25, 0.3) is 0 Å². The number of aryl methyl sites for hydroxylation is 1. The van der Waals surface area contributed by atoms with E-state index < -0.39 is 25.2 Å². The third-order valence-corrected chi connectivity index (χ3v) is 6.49. The summed E-state index contributed by atoms with van der Waals surface area (Å²) in [7, 11) is 0. The van der Waals surface area contributed by atoms with Gasteiger partial charge < -0.3 is 10.6 Å². The number of amides is 2. The van der Waals surface area contributed by atoms with E-state index in [1.165, 1.54) is 0 Å². The normalized spacial score (nSPS) is 13.9. The fourth-order valence-electron chi connectivity index (χ4n) is 4.00. The molecule has 3 N–H and O–H groups in total. The topological polar surface area (TPSA) is 85.3 Å². The molecule has 0 aliphatic heterocycles. The molecular weight excluding hydrogens is 505 g/mol. The second kappa shape index (κ2) is 12.8. The lowest BCUT2D eigenvalue weighted by Gasteiger charge is -2.25. The molecule has 0 heterocycles. The van der Waals surface area contributed by atoms with E-state index in [2.05, 4.69) is 10.6 Å². The van der Waals surface area contributed by atoms with Crippen LogP contribution in [0.4, 0.5) is 18.0 Å². The standard InChI is InChI=1S/C27H30ClF3N4O2/c1-18-6-8-20(9-7-18)25(32)35(15-13-27(29,30)31)26(37)33-14-12-19-10-11-22(36)16-24(19)34-17-21-4-2-3-5-23(21)28/h2-9,32,34H,10-17H2,1H3,(H,33,37). The summed E-state index contributed by atoms with van der Waals surface area (Å²) >= 11 is 6.22. The summed E-state index contributed by atoms with van der Waals surface area (Å²) in [5.74, 6) is -0.189. The van der Waals surface area contributed by atoms with E-state index in [4.69, 9.17) is 17.0 Å². The molecule has 0 saturated carbocycles. The highest BCUT2D eigenvalue weighted by Crippen LogP contribution is 2.25. The quantitative estimate of drug-likeness (QED) is 0.267. The molecule has 6 nitrogen and oxygen atoms in total. The summed E-state index contributed by atoms with van der Waals surface area (Å²) in [6.07, 6.45) is -4.07. The number of amidine groups is 1. The summed E-state index contributed by atoms with van der Waals surface area (Å²) in [6, 6.07) is 13.3. The van der Waals surface area contributed by atoms with Crippen LogP contribution in [0.2, 0.25) is 5.02 Å². The lowest BCUT2D eigenvalue weighted by atomic mass is 9.93. The molecule has 0 radical (unpaired) electrons. The molecule has 0 atom stereocenters. The molecule has 198 valence electrons. The predicted molar refractivity (Wildman–Crippen MR) is 138 cm³/mol. The van der Waals surface area contributed by atoms with Gasteiger partial charge in [-0.05, 0) is 37.0 Å². The average molecular weight is 535 g/mol. The van der Waals surface area contributed by atoms with Gasteiger partial charge in [-0.25, -0.2) is 4.79 Å². The maximum absolute atomic E-state index is 12.9. The van der Waals surface area contributed by atoms with Crippen molar-refractivity contribution in [3.8, 4) is 0 Å². The van der Waals surface area contributed by atoms with Gasteiger partial charge in [0.25, 0.3) is 0 Å². The number of Topliss-reactive ketones (excluding diaryl/α,β-unsaturated/α-hetero) is 1. The first-order chi connectivity index (χ1) is 17.5. The summed E-state index contributed by atoms with van der Waals surface area (Å²) in [5, 5.41) is 14.9. The Kier molecular flexibility index (Phi) is 9.74. The lowest BCUT2D eigenvalue weighted by molar-refractivity contribution is -0.135. The zero-order valence-electron chi connectivity index (χ0n) is 20.6. The van der Waals surface area contributed by atoms with Gasteiger partial charge in [-0.1, -0.05) is 59.6 Å². The molecule has 2 amide bonds. The van der Waals surface area contributed by atoms with Crippen LogP contribution >= 0.6 is 11.6 Å². The Labute approximate surface area is 219 Å². The number of carbonyl (C=O) groups is 2. The van der Waals surface area contributed by atoms with Crippen molar-refractivity contribution in [3.05, 3.63) is 81.5 Å². The minimum absolute atomic E-state index is 0.110. The van der Waals surface area contributed by atoms with Crippen molar-refractivity contribution in [1.29, 1.82) is 5.41 Å². The molecule has 0 bridgehead atoms. The second-order valence-corrected chi connectivity index (χ2v) is 9.36. The molecule has 2 aromatic carbocycles. The number of nitrogens with zero attached hydrogens (tertiary/aromatic N) is 1. The SMILES string of the molecule is Cc1ccc(C(=N)N(CCC(F)(F)F)C(=O)NCCC2=C(NCc3ccccc3Cl)CC(=O)CC2)cc1. The molecule has 10 heteroatoms. The van der Waals surface area contributed by atoms with Crippen molar-refractivity contribution < 1.29 is 22.8 Å². The third kappa shape index (κ3) is 8.63. The number of nitrogens with one attached hydrogen (secondary N) is 3. The van der Waals surface area contributed by atoms with E-state index in [0.717, 1.165) is 27.3 Å². The molecule has 1 aliphatic rings. The molecule has 2 aromatic rings. The molecule has 0 spiro atoms. The first kappa shape index (κ1) is 28.2. The maximum Gasteiger partial charge on any atom is 0.390 e. The molecular formula is C27H30ClF3N4O2. The van der Waals surface area contributed by atoms with Crippen molar-refractivity contribution in [2.75, 3.05) is 13.1 Å². The van der Waals surface area contributed by atoms with Crippen LogP contribution in [0.1, 0.15) is 48.8 Å². The van der Waals surface area contributed by atoms with Gasteiger partial charge in [0.15, 0.2) is 0 Å². The number of ketones is 1. The third-order valence-electron chi connectivity index (χ3n) is 6.12. The Balaban J connectivity index is 1.66. The summed E-state index contributed by atoms with van der Waals surface area (Å²) in [5.41, 5.74) is 3.93. The van der Waals surface area contributed by atoms with Crippen LogP contribution in [0, 0.1) is 12.3 Å². The molecule has 0 aromatic heterocycles. The van der Waals surface area contributed by atoms with Crippen molar-refractivity contribution in [2.24, 2.45) is 0 Å². The van der Waals surface area contributed by atoms with Gasteiger partial charge in [0, 0.05) is 48.8 Å². The molecule has 37 heavy (non-hydrogen) atoms. The zero-order valence-corrected chi connectivity index (χ0v) is 21.3. The van der Waals surface area contributed by atoms with Crippen LogP contribution < -0.4 is 10.6 Å². The van der Waals surface area contributed by atoms with Gasteiger partial charge in [0.2, 0.25) is 0 Å². The Hall–Kier alpha value is -3.33. The summed E-state index contributed by atoms with van der Waals surface area (Å²) < 4.78 is 38.7. The number of hydrogen-bond acceptors (Lipinski definition) is 4. The number of hydrogen-bond donors (Lipinski definition) is 3.